The van der Waals surface area contributed by atoms with Crippen LogP contribution in [0, 0.1) is 20.8 Å². The summed E-state index contributed by atoms with van der Waals surface area (Å²) < 4.78 is 0. The number of carbonyl (C=O) groups excluding carboxylic acids is 2. The third-order valence-electron chi connectivity index (χ3n) is 6.08. The lowest BCUT2D eigenvalue weighted by atomic mass is 10.1. The van der Waals surface area contributed by atoms with Gasteiger partial charge in [-0.15, -0.1) is 0 Å². The van der Waals surface area contributed by atoms with E-state index >= 15 is 0 Å². The topological polar surface area (TPSA) is 73.5 Å². The van der Waals surface area contributed by atoms with Crippen LogP contribution in [0.5, 0.6) is 0 Å². The molecule has 0 aromatic heterocycles. The maximum Gasteiger partial charge on any atom is 0.323 e. The summed E-state index contributed by atoms with van der Waals surface area (Å²) in [5.41, 5.74) is 6.81. The van der Waals surface area contributed by atoms with Crippen LogP contribution in [-0.2, 0) is 0 Å². The van der Waals surface area contributed by atoms with E-state index in [1.165, 1.54) is 0 Å². The van der Waals surface area contributed by atoms with Crippen molar-refractivity contribution >= 4 is 34.7 Å². The molecule has 0 spiro atoms. The molecule has 6 heteroatoms. The minimum absolute atomic E-state index is 0.182. The molecule has 1 saturated heterocycles. The molecule has 170 valence electrons. The van der Waals surface area contributed by atoms with Crippen molar-refractivity contribution in [2.45, 2.75) is 33.6 Å². The first-order valence-corrected chi connectivity index (χ1v) is 11.3. The van der Waals surface area contributed by atoms with Gasteiger partial charge in [-0.05, 0) is 81.1 Å². The quantitative estimate of drug-likeness (QED) is 0.446. The Labute approximate surface area is 195 Å². The third kappa shape index (κ3) is 5.34. The van der Waals surface area contributed by atoms with Gasteiger partial charge in [0, 0.05) is 30.0 Å². The molecule has 3 aromatic carbocycles. The molecule has 1 fully saturated rings. The molecule has 0 atom stereocenters. The Morgan fingerprint density at radius 2 is 1.52 bits per heavy atom. The monoisotopic (exact) mass is 442 g/mol. The van der Waals surface area contributed by atoms with Crippen molar-refractivity contribution in [3.8, 4) is 0 Å². The largest absolute Gasteiger partial charge is 0.370 e. The fraction of sp³-hybridized carbons (Fsp3) is 0.259. The summed E-state index contributed by atoms with van der Waals surface area (Å²) in [6, 6.07) is 18.7. The number of aryl methyl sites for hydroxylation is 2. The molecule has 3 aromatic rings. The summed E-state index contributed by atoms with van der Waals surface area (Å²) in [5.74, 6) is -0.182. The number of hydrogen-bond acceptors (Lipinski definition) is 3. The van der Waals surface area contributed by atoms with Gasteiger partial charge in [-0.3, -0.25) is 4.79 Å². The zero-order valence-corrected chi connectivity index (χ0v) is 19.4. The van der Waals surface area contributed by atoms with E-state index in [2.05, 4.69) is 20.9 Å². The van der Waals surface area contributed by atoms with Gasteiger partial charge >= 0.3 is 6.03 Å². The first-order valence-electron chi connectivity index (χ1n) is 11.3. The Kier molecular flexibility index (Phi) is 6.63. The fourth-order valence-corrected chi connectivity index (χ4v) is 4.10. The molecule has 0 aliphatic carbocycles. The van der Waals surface area contributed by atoms with E-state index in [0.717, 1.165) is 54.0 Å². The molecule has 0 unspecified atom stereocenters. The Morgan fingerprint density at radius 1 is 0.788 bits per heavy atom. The molecule has 6 nitrogen and oxygen atoms in total. The maximum atomic E-state index is 12.9. The molecule has 0 bridgehead atoms. The number of nitrogens with zero attached hydrogens (tertiary/aromatic N) is 1. The third-order valence-corrected chi connectivity index (χ3v) is 6.08. The molecule has 0 saturated carbocycles. The van der Waals surface area contributed by atoms with E-state index < -0.39 is 0 Å². The molecule has 1 heterocycles. The van der Waals surface area contributed by atoms with Gasteiger partial charge in [0.1, 0.15) is 0 Å². The summed E-state index contributed by atoms with van der Waals surface area (Å²) in [6.07, 6.45) is 2.25. The molecule has 3 N–H and O–H groups in total. The van der Waals surface area contributed by atoms with E-state index in [1.807, 2.05) is 75.4 Å². The lowest BCUT2D eigenvalue weighted by Gasteiger charge is -2.23. The van der Waals surface area contributed by atoms with Gasteiger partial charge in [0.05, 0.1) is 11.4 Å². The number of anilines is 4. The summed E-state index contributed by atoms with van der Waals surface area (Å²) in [6.45, 7) is 7.86. The van der Waals surface area contributed by atoms with Crippen molar-refractivity contribution < 1.29 is 9.59 Å². The average molecular weight is 443 g/mol. The second kappa shape index (κ2) is 9.77. The van der Waals surface area contributed by atoms with Crippen molar-refractivity contribution in [3.63, 3.8) is 0 Å². The molecule has 0 radical (unpaired) electrons. The number of hydrogen-bond donors (Lipinski definition) is 3. The van der Waals surface area contributed by atoms with Gasteiger partial charge in [-0.25, -0.2) is 4.79 Å². The zero-order valence-electron chi connectivity index (χ0n) is 19.4. The zero-order chi connectivity index (χ0) is 23.4. The van der Waals surface area contributed by atoms with Crippen molar-refractivity contribution in [2.75, 3.05) is 33.9 Å². The van der Waals surface area contributed by atoms with Gasteiger partial charge in [0.25, 0.3) is 5.91 Å². The van der Waals surface area contributed by atoms with Crippen LogP contribution in [-0.4, -0.2) is 25.0 Å². The smallest absolute Gasteiger partial charge is 0.323 e. The Balaban J connectivity index is 1.56. The van der Waals surface area contributed by atoms with Crippen molar-refractivity contribution in [3.05, 3.63) is 82.9 Å². The number of nitrogens with one attached hydrogen (secondary N) is 3. The van der Waals surface area contributed by atoms with Crippen LogP contribution >= 0.6 is 0 Å². The second-order valence-corrected chi connectivity index (χ2v) is 8.58. The lowest BCUT2D eigenvalue weighted by Crippen LogP contribution is -2.24. The number of urea groups is 1. The minimum atomic E-state index is -0.314. The summed E-state index contributed by atoms with van der Waals surface area (Å²) in [4.78, 5) is 27.9. The number of rotatable bonds is 5. The van der Waals surface area contributed by atoms with Gasteiger partial charge in [-0.2, -0.15) is 0 Å². The number of carbonyl (C=O) groups is 2. The summed E-state index contributed by atoms with van der Waals surface area (Å²) >= 11 is 0. The Hall–Kier alpha value is -3.80. The van der Waals surface area contributed by atoms with Crippen LogP contribution in [0.25, 0.3) is 0 Å². The maximum absolute atomic E-state index is 12.9. The van der Waals surface area contributed by atoms with Crippen LogP contribution in [0.1, 0.15) is 39.9 Å². The van der Waals surface area contributed by atoms with Gasteiger partial charge in [-0.1, -0.05) is 29.8 Å². The highest BCUT2D eigenvalue weighted by molar-refractivity contribution is 6.06. The van der Waals surface area contributed by atoms with Crippen LogP contribution < -0.4 is 20.9 Å². The predicted octanol–water partition coefficient (Wildman–Crippen LogP) is 6.11. The van der Waals surface area contributed by atoms with Crippen LogP contribution in [0.4, 0.5) is 27.5 Å². The minimum Gasteiger partial charge on any atom is -0.370 e. The van der Waals surface area contributed by atoms with E-state index in [4.69, 9.17) is 0 Å². The van der Waals surface area contributed by atoms with E-state index in [-0.39, 0.29) is 11.9 Å². The van der Waals surface area contributed by atoms with Crippen molar-refractivity contribution in [1.29, 1.82) is 0 Å². The molecular weight excluding hydrogens is 412 g/mol. The standard InChI is InChI=1S/C27H30N4O2/c1-18-8-6-10-21(16-18)26(32)28-22-12-13-25(31-14-4-5-15-31)24(17-22)30-27(33)29-23-11-7-9-19(2)20(23)3/h6-13,16-17H,4-5,14-15H2,1-3H3,(H,28,32)(H2,29,30,33). The summed E-state index contributed by atoms with van der Waals surface area (Å²) in [5, 5.41) is 8.91. The number of amides is 3. The molecule has 33 heavy (non-hydrogen) atoms. The molecular formula is C27H30N4O2. The summed E-state index contributed by atoms with van der Waals surface area (Å²) in [7, 11) is 0. The fourth-order valence-electron chi connectivity index (χ4n) is 4.10. The SMILES string of the molecule is Cc1cccc(C(=O)Nc2ccc(N3CCCC3)c(NC(=O)Nc3cccc(C)c3C)c2)c1. The average Bonchev–Trinajstić information content (AvgIpc) is 3.32. The highest BCUT2D eigenvalue weighted by Gasteiger charge is 2.18. The van der Waals surface area contributed by atoms with Crippen LogP contribution in [0.3, 0.4) is 0 Å². The predicted molar refractivity (Wildman–Crippen MR) is 136 cm³/mol. The van der Waals surface area contributed by atoms with Crippen LogP contribution in [0.15, 0.2) is 60.7 Å². The first-order chi connectivity index (χ1) is 15.9. The number of benzene rings is 3. The highest BCUT2D eigenvalue weighted by atomic mass is 16.2. The van der Waals surface area contributed by atoms with E-state index in [0.29, 0.717) is 16.9 Å². The van der Waals surface area contributed by atoms with Gasteiger partial charge in [0.15, 0.2) is 0 Å². The highest BCUT2D eigenvalue weighted by Crippen LogP contribution is 2.32. The molecule has 4 rings (SSSR count). The molecule has 3 amide bonds. The van der Waals surface area contributed by atoms with E-state index in [1.54, 1.807) is 6.07 Å². The van der Waals surface area contributed by atoms with Crippen molar-refractivity contribution in [2.24, 2.45) is 0 Å². The second-order valence-electron chi connectivity index (χ2n) is 8.58. The molecule has 1 aliphatic rings. The van der Waals surface area contributed by atoms with E-state index in [9.17, 15) is 9.59 Å². The first kappa shape index (κ1) is 22.4. The van der Waals surface area contributed by atoms with Gasteiger partial charge < -0.3 is 20.9 Å². The van der Waals surface area contributed by atoms with Gasteiger partial charge in [0.2, 0.25) is 0 Å². The Morgan fingerprint density at radius 3 is 2.27 bits per heavy atom. The Bertz CT molecular complexity index is 1180. The molecule has 1 aliphatic heterocycles. The normalized spacial score (nSPS) is 13.0. The van der Waals surface area contributed by atoms with Crippen molar-refractivity contribution in [1.82, 2.24) is 0 Å². The lowest BCUT2D eigenvalue weighted by molar-refractivity contribution is 0.102. The van der Waals surface area contributed by atoms with Crippen LogP contribution in [0.2, 0.25) is 0 Å².